The van der Waals surface area contributed by atoms with Gasteiger partial charge >= 0.3 is 0 Å². The third-order valence-corrected chi connectivity index (χ3v) is 4.78. The van der Waals surface area contributed by atoms with Gasteiger partial charge in [-0.2, -0.15) is 10.2 Å². The molecule has 0 aromatic carbocycles. The first-order valence-electron chi connectivity index (χ1n) is 6.62. The minimum atomic E-state index is 0.626. The van der Waals surface area contributed by atoms with Crippen LogP contribution in [0, 0.1) is 5.92 Å². The second-order valence-electron chi connectivity index (χ2n) is 4.94. The van der Waals surface area contributed by atoms with Crippen molar-refractivity contribution in [2.75, 3.05) is 5.75 Å². The van der Waals surface area contributed by atoms with Crippen LogP contribution >= 0.6 is 11.8 Å². The number of hydrogen-bond donors (Lipinski definition) is 1. The zero-order valence-corrected chi connectivity index (χ0v) is 11.2. The van der Waals surface area contributed by atoms with Crippen molar-refractivity contribution in [1.29, 1.82) is 0 Å². The van der Waals surface area contributed by atoms with Crippen LogP contribution in [0.25, 0.3) is 0 Å². The van der Waals surface area contributed by atoms with E-state index >= 15 is 0 Å². The van der Waals surface area contributed by atoms with Crippen LogP contribution in [-0.4, -0.2) is 27.2 Å². The molecule has 2 aliphatic rings. The van der Waals surface area contributed by atoms with Gasteiger partial charge in [-0.05, 0) is 30.9 Å². The van der Waals surface area contributed by atoms with Crippen molar-refractivity contribution in [2.24, 2.45) is 10.9 Å². The number of aromatic nitrogens is 2. The molecule has 1 saturated heterocycles. The molecule has 1 aromatic rings. The van der Waals surface area contributed by atoms with Gasteiger partial charge in [-0.25, -0.2) is 0 Å². The Balaban J connectivity index is 1.60. The molecule has 2 unspecified atom stereocenters. The van der Waals surface area contributed by atoms with Crippen LogP contribution < -0.4 is 5.32 Å². The summed E-state index contributed by atoms with van der Waals surface area (Å²) in [5.41, 5.74) is 0.929. The fourth-order valence-corrected chi connectivity index (χ4v) is 3.81. The molecule has 0 amide bonds. The predicted molar refractivity (Wildman–Crippen MR) is 74.5 cm³/mol. The maximum atomic E-state index is 4.61. The highest BCUT2D eigenvalue weighted by Gasteiger charge is 2.30. The van der Waals surface area contributed by atoms with Gasteiger partial charge in [-0.1, -0.05) is 24.6 Å². The van der Waals surface area contributed by atoms with Gasteiger partial charge in [0.15, 0.2) is 5.17 Å². The molecule has 1 saturated carbocycles. The summed E-state index contributed by atoms with van der Waals surface area (Å²) in [6.07, 6.45) is 7.13. The zero-order valence-electron chi connectivity index (χ0n) is 10.4. The van der Waals surface area contributed by atoms with E-state index in [1.165, 1.54) is 31.4 Å². The molecule has 1 N–H and O–H groups in total. The number of aliphatic imine (C=N–C) groups is 1. The lowest BCUT2D eigenvalue weighted by molar-refractivity contribution is 0.311. The van der Waals surface area contributed by atoms with Crippen molar-refractivity contribution in [2.45, 2.75) is 38.3 Å². The van der Waals surface area contributed by atoms with E-state index < -0.39 is 0 Å². The monoisotopic (exact) mass is 262 g/mol. The molecule has 5 heteroatoms. The number of nitrogens with zero attached hydrogens (tertiary/aromatic N) is 3. The molecular weight excluding hydrogens is 244 g/mol. The molecule has 2 atom stereocenters. The van der Waals surface area contributed by atoms with Crippen LogP contribution in [0.4, 0.5) is 0 Å². The molecule has 0 radical (unpaired) electrons. The van der Waals surface area contributed by atoms with Crippen molar-refractivity contribution < 1.29 is 0 Å². The summed E-state index contributed by atoms with van der Waals surface area (Å²) in [6, 6.07) is 4.52. The molecular formula is C13H18N4S. The minimum absolute atomic E-state index is 0.626. The van der Waals surface area contributed by atoms with Crippen molar-refractivity contribution >= 4 is 16.9 Å². The molecule has 2 heterocycles. The van der Waals surface area contributed by atoms with Crippen LogP contribution in [-0.2, 0) is 6.54 Å². The average molecular weight is 262 g/mol. The SMILES string of the molecule is c1cnnc(CN=C2NC3CCCCC3CS2)c1. The maximum absolute atomic E-state index is 4.61. The Morgan fingerprint density at radius 3 is 3.22 bits per heavy atom. The lowest BCUT2D eigenvalue weighted by Crippen LogP contribution is -2.46. The van der Waals surface area contributed by atoms with Gasteiger partial charge in [0.1, 0.15) is 0 Å². The van der Waals surface area contributed by atoms with Crippen molar-refractivity contribution in [3.05, 3.63) is 24.0 Å². The summed E-state index contributed by atoms with van der Waals surface area (Å²) in [4.78, 5) is 4.61. The summed E-state index contributed by atoms with van der Waals surface area (Å²) >= 11 is 1.86. The summed E-state index contributed by atoms with van der Waals surface area (Å²) in [5, 5.41) is 12.6. The van der Waals surface area contributed by atoms with Crippen LogP contribution in [0.3, 0.4) is 0 Å². The Labute approximate surface area is 112 Å². The second kappa shape index (κ2) is 5.69. The molecule has 1 aliphatic carbocycles. The summed E-state index contributed by atoms with van der Waals surface area (Å²) in [5.74, 6) is 2.07. The molecule has 18 heavy (non-hydrogen) atoms. The summed E-state index contributed by atoms with van der Waals surface area (Å²) in [6.45, 7) is 0.626. The Kier molecular flexibility index (Phi) is 3.78. The van der Waals surface area contributed by atoms with Crippen LogP contribution in [0.5, 0.6) is 0 Å². The molecule has 0 bridgehead atoms. The van der Waals surface area contributed by atoms with E-state index in [4.69, 9.17) is 0 Å². The smallest absolute Gasteiger partial charge is 0.157 e. The standard InChI is InChI=1S/C13H18N4S/c1-2-6-12-10(4-1)9-18-13(16-12)14-8-11-5-3-7-15-17-11/h3,5,7,10,12H,1-2,4,6,8-9H2,(H,14,16). The van der Waals surface area contributed by atoms with Crippen LogP contribution in [0.15, 0.2) is 23.3 Å². The third kappa shape index (κ3) is 2.83. The minimum Gasteiger partial charge on any atom is -0.362 e. The number of rotatable bonds is 2. The van der Waals surface area contributed by atoms with E-state index in [1.807, 2.05) is 23.9 Å². The summed E-state index contributed by atoms with van der Waals surface area (Å²) < 4.78 is 0. The highest BCUT2D eigenvalue weighted by atomic mass is 32.2. The fourth-order valence-electron chi connectivity index (χ4n) is 2.65. The van der Waals surface area contributed by atoms with Crippen LogP contribution in [0.2, 0.25) is 0 Å². The summed E-state index contributed by atoms with van der Waals surface area (Å²) in [7, 11) is 0. The van der Waals surface area contributed by atoms with Crippen LogP contribution in [0.1, 0.15) is 31.4 Å². The largest absolute Gasteiger partial charge is 0.362 e. The Morgan fingerprint density at radius 1 is 1.39 bits per heavy atom. The number of hydrogen-bond acceptors (Lipinski definition) is 4. The number of fused-ring (bicyclic) bond motifs is 1. The molecule has 4 nitrogen and oxygen atoms in total. The van der Waals surface area contributed by atoms with Gasteiger partial charge in [0.05, 0.1) is 12.2 Å². The molecule has 0 spiro atoms. The zero-order chi connectivity index (χ0) is 12.2. The van der Waals surface area contributed by atoms with Gasteiger partial charge in [-0.15, -0.1) is 0 Å². The highest BCUT2D eigenvalue weighted by Crippen LogP contribution is 2.31. The third-order valence-electron chi connectivity index (χ3n) is 3.66. The van der Waals surface area contributed by atoms with E-state index in [0.29, 0.717) is 12.6 Å². The molecule has 1 aromatic heterocycles. The predicted octanol–water partition coefficient (Wildman–Crippen LogP) is 2.23. The maximum Gasteiger partial charge on any atom is 0.157 e. The lowest BCUT2D eigenvalue weighted by Gasteiger charge is -2.36. The molecule has 1 aliphatic heterocycles. The van der Waals surface area contributed by atoms with Crippen molar-refractivity contribution in [3.63, 3.8) is 0 Å². The molecule has 96 valence electrons. The first kappa shape index (κ1) is 12.0. The van der Waals surface area contributed by atoms with E-state index in [-0.39, 0.29) is 0 Å². The first-order chi connectivity index (χ1) is 8.92. The van der Waals surface area contributed by atoms with Gasteiger partial charge in [0.25, 0.3) is 0 Å². The van der Waals surface area contributed by atoms with Crippen molar-refractivity contribution in [3.8, 4) is 0 Å². The quantitative estimate of drug-likeness (QED) is 0.888. The Bertz CT molecular complexity index is 420. The molecule has 2 fully saturated rings. The number of thioether (sulfide) groups is 1. The lowest BCUT2D eigenvalue weighted by atomic mass is 9.86. The van der Waals surface area contributed by atoms with Gasteiger partial charge in [-0.3, -0.25) is 4.99 Å². The van der Waals surface area contributed by atoms with E-state index in [9.17, 15) is 0 Å². The normalized spacial score (nSPS) is 29.7. The van der Waals surface area contributed by atoms with Gasteiger partial charge in [0.2, 0.25) is 0 Å². The number of amidine groups is 1. The average Bonchev–Trinajstić information content (AvgIpc) is 2.46. The fraction of sp³-hybridized carbons (Fsp3) is 0.615. The van der Waals surface area contributed by atoms with Gasteiger partial charge in [0, 0.05) is 18.0 Å². The Hall–Kier alpha value is -1.10. The highest BCUT2D eigenvalue weighted by molar-refractivity contribution is 8.13. The Morgan fingerprint density at radius 2 is 2.33 bits per heavy atom. The molecule has 3 rings (SSSR count). The second-order valence-corrected chi connectivity index (χ2v) is 5.95. The van der Waals surface area contributed by atoms with E-state index in [1.54, 1.807) is 6.20 Å². The van der Waals surface area contributed by atoms with E-state index in [0.717, 1.165) is 16.8 Å². The van der Waals surface area contributed by atoms with E-state index in [2.05, 4.69) is 20.5 Å². The first-order valence-corrected chi connectivity index (χ1v) is 7.61. The van der Waals surface area contributed by atoms with Gasteiger partial charge < -0.3 is 5.32 Å². The topological polar surface area (TPSA) is 50.2 Å². The number of nitrogens with one attached hydrogen (secondary N) is 1. The van der Waals surface area contributed by atoms with Crippen molar-refractivity contribution in [1.82, 2.24) is 15.5 Å².